The number of aromatic nitrogens is 3. The van der Waals surface area contributed by atoms with Crippen molar-refractivity contribution in [3.05, 3.63) is 86.0 Å². The molecule has 0 amide bonds. The summed E-state index contributed by atoms with van der Waals surface area (Å²) >= 11 is 13.8. The second-order valence-corrected chi connectivity index (χ2v) is 10.8. The van der Waals surface area contributed by atoms with E-state index in [9.17, 15) is 0 Å². The predicted molar refractivity (Wildman–Crippen MR) is 142 cm³/mol. The third-order valence-corrected chi connectivity index (χ3v) is 8.08. The highest BCUT2D eigenvalue weighted by molar-refractivity contribution is 9.11. The minimum absolute atomic E-state index is 0.673. The Hall–Kier alpha value is -1.73. The van der Waals surface area contributed by atoms with E-state index in [0.29, 0.717) is 10.9 Å². The summed E-state index contributed by atoms with van der Waals surface area (Å²) in [5.74, 6) is 0.673. The second-order valence-electron chi connectivity index (χ2n) is 8.71. The number of hydrogen-bond donors (Lipinski definition) is 0. The van der Waals surface area contributed by atoms with Crippen LogP contribution in [0.5, 0.6) is 0 Å². The van der Waals surface area contributed by atoms with E-state index >= 15 is 0 Å². The van der Waals surface area contributed by atoms with Gasteiger partial charge in [0, 0.05) is 33.8 Å². The Balaban J connectivity index is 1.34. The van der Waals surface area contributed by atoms with Gasteiger partial charge in [-0.3, -0.25) is 4.90 Å². The Morgan fingerprint density at radius 2 is 1.85 bits per heavy atom. The standard InChI is InChI=1S/C26H25Br2ClN4/c27-22-9-3-1-7-19(22)17-32-13-5-6-18(16-32)11-12-20-14-25(21-8-2-4-10-24(21)29)31-26-23(28)15-30-33(20)26/h1-4,7-10,14-15,18H,5-6,11-13,16-17H2. The fourth-order valence-corrected chi connectivity index (χ4v) is 5.72. The molecule has 3 heterocycles. The van der Waals surface area contributed by atoms with Gasteiger partial charge in [0.15, 0.2) is 5.65 Å². The lowest BCUT2D eigenvalue weighted by atomic mass is 9.92. The first kappa shape index (κ1) is 23.0. The van der Waals surface area contributed by atoms with Gasteiger partial charge in [0.05, 0.1) is 16.4 Å². The highest BCUT2D eigenvalue weighted by Gasteiger charge is 2.21. The third-order valence-electron chi connectivity index (χ3n) is 6.42. The average molecular weight is 589 g/mol. The van der Waals surface area contributed by atoms with E-state index < -0.39 is 0 Å². The molecule has 0 aliphatic carbocycles. The molecule has 2 aromatic heterocycles. The lowest BCUT2D eigenvalue weighted by molar-refractivity contribution is 0.161. The molecule has 1 saturated heterocycles. The van der Waals surface area contributed by atoms with E-state index in [2.05, 4.69) is 72.2 Å². The molecule has 4 nitrogen and oxygen atoms in total. The van der Waals surface area contributed by atoms with Gasteiger partial charge in [0.25, 0.3) is 0 Å². The molecule has 170 valence electrons. The molecule has 1 unspecified atom stereocenters. The quantitative estimate of drug-likeness (QED) is 0.235. The van der Waals surface area contributed by atoms with Crippen molar-refractivity contribution in [2.24, 2.45) is 5.92 Å². The molecular formula is C26H25Br2ClN4. The molecule has 0 N–H and O–H groups in total. The predicted octanol–water partition coefficient (Wildman–Crippen LogP) is 7.42. The van der Waals surface area contributed by atoms with Gasteiger partial charge in [-0.15, -0.1) is 0 Å². The Labute approximate surface area is 216 Å². The highest BCUT2D eigenvalue weighted by atomic mass is 79.9. The number of hydrogen-bond acceptors (Lipinski definition) is 3. The van der Waals surface area contributed by atoms with Gasteiger partial charge in [-0.05, 0) is 77.8 Å². The zero-order valence-corrected chi connectivity index (χ0v) is 22.2. The van der Waals surface area contributed by atoms with Crippen molar-refractivity contribution in [3.63, 3.8) is 0 Å². The lowest BCUT2D eigenvalue weighted by Crippen LogP contribution is -2.35. The van der Waals surface area contributed by atoms with E-state index in [4.69, 9.17) is 16.6 Å². The van der Waals surface area contributed by atoms with Crippen LogP contribution in [0.1, 0.15) is 30.5 Å². The van der Waals surface area contributed by atoms with Gasteiger partial charge in [0.1, 0.15) is 0 Å². The lowest BCUT2D eigenvalue weighted by Gasteiger charge is -2.33. The smallest absolute Gasteiger partial charge is 0.170 e. The molecule has 5 rings (SSSR count). The molecule has 1 aliphatic heterocycles. The van der Waals surface area contributed by atoms with E-state index in [-0.39, 0.29) is 0 Å². The summed E-state index contributed by atoms with van der Waals surface area (Å²) in [5, 5.41) is 5.29. The number of fused-ring (bicyclic) bond motifs is 1. The van der Waals surface area contributed by atoms with Crippen molar-refractivity contribution < 1.29 is 0 Å². The Morgan fingerprint density at radius 1 is 1.03 bits per heavy atom. The summed E-state index contributed by atoms with van der Waals surface area (Å²) < 4.78 is 4.06. The summed E-state index contributed by atoms with van der Waals surface area (Å²) in [7, 11) is 0. The van der Waals surface area contributed by atoms with Crippen LogP contribution in [-0.2, 0) is 13.0 Å². The minimum Gasteiger partial charge on any atom is -0.299 e. The van der Waals surface area contributed by atoms with E-state index in [0.717, 1.165) is 47.3 Å². The van der Waals surface area contributed by atoms with Gasteiger partial charge >= 0.3 is 0 Å². The van der Waals surface area contributed by atoms with E-state index in [1.807, 2.05) is 35.0 Å². The van der Waals surface area contributed by atoms with Gasteiger partial charge in [-0.1, -0.05) is 63.9 Å². The van der Waals surface area contributed by atoms with Crippen LogP contribution in [0.2, 0.25) is 5.02 Å². The Kier molecular flexibility index (Phi) is 7.16. The zero-order chi connectivity index (χ0) is 22.8. The Bertz CT molecular complexity index is 1270. The number of likely N-dealkylation sites (tertiary alicyclic amines) is 1. The van der Waals surface area contributed by atoms with Gasteiger partial charge in [0.2, 0.25) is 0 Å². The summed E-state index contributed by atoms with van der Waals surface area (Å²) in [6, 6.07) is 18.6. The molecule has 4 aromatic rings. The zero-order valence-electron chi connectivity index (χ0n) is 18.2. The fourth-order valence-electron chi connectivity index (χ4n) is 4.73. The van der Waals surface area contributed by atoms with Crippen molar-refractivity contribution >= 4 is 49.1 Å². The van der Waals surface area contributed by atoms with Crippen LogP contribution in [0.15, 0.2) is 69.7 Å². The number of aryl methyl sites for hydroxylation is 1. The summed E-state index contributed by atoms with van der Waals surface area (Å²) in [5.41, 5.74) is 5.21. The summed E-state index contributed by atoms with van der Waals surface area (Å²) in [6.45, 7) is 3.30. The summed E-state index contributed by atoms with van der Waals surface area (Å²) in [6.07, 6.45) is 6.44. The van der Waals surface area contributed by atoms with Crippen LogP contribution < -0.4 is 0 Å². The van der Waals surface area contributed by atoms with Gasteiger partial charge in [-0.2, -0.15) is 5.10 Å². The average Bonchev–Trinajstić information content (AvgIpc) is 3.20. The largest absolute Gasteiger partial charge is 0.299 e. The molecule has 0 saturated carbocycles. The first-order valence-electron chi connectivity index (χ1n) is 11.3. The normalized spacial score (nSPS) is 17.0. The molecule has 2 aromatic carbocycles. The molecule has 1 atom stereocenters. The summed E-state index contributed by atoms with van der Waals surface area (Å²) in [4.78, 5) is 7.44. The number of rotatable bonds is 6. The molecular weight excluding hydrogens is 564 g/mol. The van der Waals surface area contributed by atoms with Crippen LogP contribution in [0.3, 0.4) is 0 Å². The number of benzene rings is 2. The number of nitrogens with zero attached hydrogens (tertiary/aromatic N) is 4. The van der Waals surface area contributed by atoms with Crippen LogP contribution in [0, 0.1) is 5.92 Å². The monoisotopic (exact) mass is 586 g/mol. The maximum absolute atomic E-state index is 6.49. The van der Waals surface area contributed by atoms with Crippen molar-refractivity contribution in [2.45, 2.75) is 32.2 Å². The Morgan fingerprint density at radius 3 is 2.70 bits per heavy atom. The molecule has 0 radical (unpaired) electrons. The van der Waals surface area contributed by atoms with Gasteiger partial charge < -0.3 is 0 Å². The van der Waals surface area contributed by atoms with Gasteiger partial charge in [-0.25, -0.2) is 9.50 Å². The van der Waals surface area contributed by atoms with Crippen molar-refractivity contribution in [1.82, 2.24) is 19.5 Å². The van der Waals surface area contributed by atoms with Crippen molar-refractivity contribution in [3.8, 4) is 11.3 Å². The SMILES string of the molecule is Clc1ccccc1-c1cc(CCC2CCCN(Cc3ccccc3Br)C2)n2ncc(Br)c2n1. The third kappa shape index (κ3) is 5.19. The van der Waals surface area contributed by atoms with Crippen LogP contribution in [0.25, 0.3) is 16.9 Å². The number of halogens is 3. The first-order valence-corrected chi connectivity index (χ1v) is 13.3. The molecule has 1 fully saturated rings. The topological polar surface area (TPSA) is 33.4 Å². The minimum atomic E-state index is 0.673. The highest BCUT2D eigenvalue weighted by Crippen LogP contribution is 2.30. The van der Waals surface area contributed by atoms with E-state index in [1.54, 1.807) is 0 Å². The maximum atomic E-state index is 6.49. The van der Waals surface area contributed by atoms with Crippen LogP contribution in [0.4, 0.5) is 0 Å². The van der Waals surface area contributed by atoms with Crippen molar-refractivity contribution in [2.75, 3.05) is 13.1 Å². The molecule has 7 heteroatoms. The number of piperidine rings is 1. The molecule has 33 heavy (non-hydrogen) atoms. The van der Waals surface area contributed by atoms with E-state index in [1.165, 1.54) is 35.1 Å². The first-order chi connectivity index (χ1) is 16.1. The van der Waals surface area contributed by atoms with Crippen LogP contribution in [-0.4, -0.2) is 32.6 Å². The molecule has 0 spiro atoms. The van der Waals surface area contributed by atoms with Crippen LogP contribution >= 0.6 is 43.5 Å². The van der Waals surface area contributed by atoms with Crippen molar-refractivity contribution in [1.29, 1.82) is 0 Å². The second kappa shape index (κ2) is 10.3. The molecule has 0 bridgehead atoms. The molecule has 1 aliphatic rings. The fraction of sp³-hybridized carbons (Fsp3) is 0.308. The maximum Gasteiger partial charge on any atom is 0.170 e.